The van der Waals surface area contributed by atoms with E-state index in [4.69, 9.17) is 0 Å². The Hall–Kier alpha value is -1.68. The maximum atomic E-state index is 12.2. The predicted molar refractivity (Wildman–Crippen MR) is 64.9 cm³/mol. The molecular weight excluding hydrogens is 216 g/mol. The maximum absolute atomic E-state index is 12.2. The average molecular weight is 232 g/mol. The second kappa shape index (κ2) is 3.96. The SMILES string of the molecule is CNCC(C)(C)N1C(=O)c2ccccc2C1=O. The van der Waals surface area contributed by atoms with Crippen LogP contribution in [0, 0.1) is 0 Å². The van der Waals surface area contributed by atoms with Crippen molar-refractivity contribution in [1.29, 1.82) is 0 Å². The van der Waals surface area contributed by atoms with Gasteiger partial charge < -0.3 is 5.32 Å². The highest BCUT2D eigenvalue weighted by Crippen LogP contribution is 2.28. The number of rotatable bonds is 3. The molecule has 4 nitrogen and oxygen atoms in total. The number of fused-ring (bicyclic) bond motifs is 1. The average Bonchev–Trinajstić information content (AvgIpc) is 2.53. The first kappa shape index (κ1) is 11.8. The molecule has 1 aromatic carbocycles. The van der Waals surface area contributed by atoms with Crippen LogP contribution in [0.15, 0.2) is 24.3 Å². The summed E-state index contributed by atoms with van der Waals surface area (Å²) < 4.78 is 0. The summed E-state index contributed by atoms with van der Waals surface area (Å²) >= 11 is 0. The second-order valence-electron chi connectivity index (χ2n) is 4.83. The van der Waals surface area contributed by atoms with Crippen LogP contribution in [0.5, 0.6) is 0 Å². The number of likely N-dealkylation sites (N-methyl/N-ethyl adjacent to an activating group) is 1. The fourth-order valence-electron chi connectivity index (χ4n) is 2.25. The van der Waals surface area contributed by atoms with Gasteiger partial charge in [0.25, 0.3) is 11.8 Å². The van der Waals surface area contributed by atoms with Gasteiger partial charge in [-0.3, -0.25) is 14.5 Å². The number of benzene rings is 1. The second-order valence-corrected chi connectivity index (χ2v) is 4.83. The van der Waals surface area contributed by atoms with Gasteiger partial charge in [-0.1, -0.05) is 12.1 Å². The molecule has 1 N–H and O–H groups in total. The van der Waals surface area contributed by atoms with Crippen LogP contribution in [-0.2, 0) is 0 Å². The summed E-state index contributed by atoms with van der Waals surface area (Å²) in [6, 6.07) is 6.95. The van der Waals surface area contributed by atoms with Crippen molar-refractivity contribution in [2.24, 2.45) is 0 Å². The standard InChI is InChI=1S/C13H16N2O2/c1-13(2,8-14-3)15-11(16)9-6-4-5-7-10(9)12(15)17/h4-7,14H,8H2,1-3H3. The minimum atomic E-state index is -0.526. The molecule has 0 saturated carbocycles. The first-order valence-electron chi connectivity index (χ1n) is 5.61. The highest BCUT2D eigenvalue weighted by atomic mass is 16.2. The van der Waals surface area contributed by atoms with Crippen molar-refractivity contribution in [1.82, 2.24) is 10.2 Å². The molecule has 1 aliphatic heterocycles. The van der Waals surface area contributed by atoms with Crippen molar-refractivity contribution in [3.63, 3.8) is 0 Å². The normalized spacial score (nSPS) is 15.4. The lowest BCUT2D eigenvalue weighted by Gasteiger charge is -2.33. The van der Waals surface area contributed by atoms with Gasteiger partial charge in [0.15, 0.2) is 0 Å². The highest BCUT2D eigenvalue weighted by Gasteiger charge is 2.43. The van der Waals surface area contributed by atoms with Crippen LogP contribution in [0.3, 0.4) is 0 Å². The number of carbonyl (C=O) groups excluding carboxylic acids is 2. The van der Waals surface area contributed by atoms with E-state index >= 15 is 0 Å². The van der Waals surface area contributed by atoms with E-state index in [9.17, 15) is 9.59 Å². The van der Waals surface area contributed by atoms with Crippen LogP contribution in [0.1, 0.15) is 34.6 Å². The van der Waals surface area contributed by atoms with Crippen molar-refractivity contribution >= 4 is 11.8 Å². The van der Waals surface area contributed by atoms with Gasteiger partial charge in [0.05, 0.1) is 16.7 Å². The summed E-state index contributed by atoms with van der Waals surface area (Å²) in [6.07, 6.45) is 0. The molecule has 1 aromatic rings. The number of hydrogen-bond acceptors (Lipinski definition) is 3. The van der Waals surface area contributed by atoms with Gasteiger partial charge in [-0.05, 0) is 33.0 Å². The van der Waals surface area contributed by atoms with Crippen LogP contribution in [0.25, 0.3) is 0 Å². The Labute approximate surface area is 101 Å². The number of carbonyl (C=O) groups is 2. The van der Waals surface area contributed by atoms with E-state index in [1.807, 2.05) is 13.8 Å². The fourth-order valence-corrected chi connectivity index (χ4v) is 2.25. The van der Waals surface area contributed by atoms with E-state index in [1.54, 1.807) is 31.3 Å². The van der Waals surface area contributed by atoms with Crippen LogP contribution < -0.4 is 5.32 Å². The minimum Gasteiger partial charge on any atom is -0.317 e. The van der Waals surface area contributed by atoms with Crippen molar-refractivity contribution < 1.29 is 9.59 Å². The van der Waals surface area contributed by atoms with Gasteiger partial charge in [-0.15, -0.1) is 0 Å². The van der Waals surface area contributed by atoms with Crippen LogP contribution in [0.4, 0.5) is 0 Å². The van der Waals surface area contributed by atoms with Gasteiger partial charge >= 0.3 is 0 Å². The van der Waals surface area contributed by atoms with E-state index in [0.29, 0.717) is 17.7 Å². The lowest BCUT2D eigenvalue weighted by Crippen LogP contribution is -2.52. The van der Waals surface area contributed by atoms with Gasteiger partial charge in [0.2, 0.25) is 0 Å². The predicted octanol–water partition coefficient (Wildman–Crippen LogP) is 1.28. The van der Waals surface area contributed by atoms with Gasteiger partial charge in [-0.25, -0.2) is 0 Å². The summed E-state index contributed by atoms with van der Waals surface area (Å²) in [5, 5.41) is 3.01. The van der Waals surface area contributed by atoms with E-state index in [2.05, 4.69) is 5.32 Å². The number of hydrogen-bond donors (Lipinski definition) is 1. The molecular formula is C13H16N2O2. The Morgan fingerprint density at radius 1 is 1.12 bits per heavy atom. The van der Waals surface area contributed by atoms with E-state index < -0.39 is 5.54 Å². The third kappa shape index (κ3) is 1.74. The topological polar surface area (TPSA) is 49.4 Å². The molecule has 90 valence electrons. The number of imide groups is 1. The van der Waals surface area contributed by atoms with Crippen molar-refractivity contribution in [3.05, 3.63) is 35.4 Å². The Morgan fingerprint density at radius 3 is 2.00 bits per heavy atom. The molecule has 1 heterocycles. The molecule has 0 bridgehead atoms. The molecule has 0 aliphatic carbocycles. The largest absolute Gasteiger partial charge is 0.317 e. The molecule has 17 heavy (non-hydrogen) atoms. The quantitative estimate of drug-likeness (QED) is 0.799. The third-order valence-electron chi connectivity index (χ3n) is 3.01. The van der Waals surface area contributed by atoms with Gasteiger partial charge in [-0.2, -0.15) is 0 Å². The zero-order valence-electron chi connectivity index (χ0n) is 10.3. The monoisotopic (exact) mass is 232 g/mol. The highest BCUT2D eigenvalue weighted by molar-refractivity contribution is 6.21. The Balaban J connectivity index is 2.43. The summed E-state index contributed by atoms with van der Waals surface area (Å²) in [4.78, 5) is 25.8. The van der Waals surface area contributed by atoms with Gasteiger partial charge in [0, 0.05) is 6.54 Å². The first-order valence-corrected chi connectivity index (χ1v) is 5.61. The number of nitrogens with zero attached hydrogens (tertiary/aromatic N) is 1. The Kier molecular flexibility index (Phi) is 2.75. The molecule has 0 fully saturated rings. The summed E-state index contributed by atoms with van der Waals surface area (Å²) in [5.41, 5.74) is 0.477. The maximum Gasteiger partial charge on any atom is 0.262 e. The van der Waals surface area contributed by atoms with E-state index in [-0.39, 0.29) is 11.8 Å². The molecule has 0 aromatic heterocycles. The molecule has 1 aliphatic rings. The molecule has 0 spiro atoms. The molecule has 0 radical (unpaired) electrons. The Morgan fingerprint density at radius 2 is 1.59 bits per heavy atom. The molecule has 0 atom stereocenters. The molecule has 4 heteroatoms. The van der Waals surface area contributed by atoms with Crippen molar-refractivity contribution in [2.75, 3.05) is 13.6 Å². The molecule has 0 unspecified atom stereocenters. The zero-order valence-corrected chi connectivity index (χ0v) is 10.3. The van der Waals surface area contributed by atoms with Crippen LogP contribution in [0.2, 0.25) is 0 Å². The van der Waals surface area contributed by atoms with E-state index in [1.165, 1.54) is 4.90 Å². The van der Waals surface area contributed by atoms with Crippen molar-refractivity contribution in [3.8, 4) is 0 Å². The summed E-state index contributed by atoms with van der Waals surface area (Å²) in [7, 11) is 1.81. The smallest absolute Gasteiger partial charge is 0.262 e. The fraction of sp³-hybridized carbons (Fsp3) is 0.385. The van der Waals surface area contributed by atoms with Gasteiger partial charge in [0.1, 0.15) is 0 Å². The van der Waals surface area contributed by atoms with Crippen LogP contribution >= 0.6 is 0 Å². The molecule has 2 amide bonds. The molecule has 2 rings (SSSR count). The third-order valence-corrected chi connectivity index (χ3v) is 3.01. The summed E-state index contributed by atoms with van der Waals surface area (Å²) in [6.45, 7) is 4.33. The minimum absolute atomic E-state index is 0.203. The number of amides is 2. The van der Waals surface area contributed by atoms with E-state index in [0.717, 1.165) is 0 Å². The lowest BCUT2D eigenvalue weighted by atomic mass is 10.0. The van der Waals surface area contributed by atoms with Crippen LogP contribution in [-0.4, -0.2) is 35.8 Å². The van der Waals surface area contributed by atoms with Crippen molar-refractivity contribution in [2.45, 2.75) is 19.4 Å². The summed E-state index contributed by atoms with van der Waals surface area (Å²) in [5.74, 6) is -0.406. The zero-order chi connectivity index (χ0) is 12.6. The molecule has 0 saturated heterocycles. The number of nitrogens with one attached hydrogen (secondary N) is 1. The Bertz CT molecular complexity index is 445. The first-order chi connectivity index (χ1) is 7.99. The lowest BCUT2D eigenvalue weighted by molar-refractivity contribution is 0.0483.